The molecule has 0 aromatic heterocycles. The lowest BCUT2D eigenvalue weighted by Crippen LogP contribution is -2.06. The highest BCUT2D eigenvalue weighted by Gasteiger charge is 2.09. The number of hydrogen-bond acceptors (Lipinski definition) is 4. The molecule has 30 heavy (non-hydrogen) atoms. The zero-order valence-corrected chi connectivity index (χ0v) is 19.7. The van der Waals surface area contributed by atoms with Gasteiger partial charge in [-0.25, -0.2) is 0 Å². The molecule has 0 heterocycles. The second-order valence-corrected chi connectivity index (χ2v) is 8.85. The van der Waals surface area contributed by atoms with Crippen molar-refractivity contribution < 1.29 is 4.74 Å². The van der Waals surface area contributed by atoms with Crippen LogP contribution in [-0.2, 0) is 12.4 Å². The Morgan fingerprint density at radius 3 is 2.50 bits per heavy atom. The molecule has 0 amide bonds. The molecule has 3 rings (SSSR count). The average Bonchev–Trinajstić information content (AvgIpc) is 2.74. The predicted octanol–water partition coefficient (Wildman–Crippen LogP) is 6.92. The van der Waals surface area contributed by atoms with Crippen LogP contribution in [0.1, 0.15) is 16.7 Å². The van der Waals surface area contributed by atoms with Crippen molar-refractivity contribution >= 4 is 62.3 Å². The zero-order valence-electron chi connectivity index (χ0n) is 15.8. The Kier molecular flexibility index (Phi) is 8.63. The van der Waals surface area contributed by atoms with Crippen molar-refractivity contribution in [1.29, 1.82) is 0 Å². The molecular weight excluding hydrogens is 505 g/mol. The summed E-state index contributed by atoms with van der Waals surface area (Å²) in [4.78, 5) is 0. The summed E-state index contributed by atoms with van der Waals surface area (Å²) in [6, 6.07) is 21.0. The topological polar surface area (TPSA) is 60.0 Å². The summed E-state index contributed by atoms with van der Waals surface area (Å²) in [7, 11) is 0. The standard InChI is InChI=1S/C22H18BrCl2N3OS/c23-17-9-10-21(29-13-18-19(24)7-4-8-20(18)25)16(11-17)12-27-28-22(26)30-14-15-5-2-1-3-6-15/h1-12H,13-14H2,(H2,26,28). The summed E-state index contributed by atoms with van der Waals surface area (Å²) >= 11 is 17.3. The Morgan fingerprint density at radius 1 is 1.03 bits per heavy atom. The Morgan fingerprint density at radius 2 is 1.77 bits per heavy atom. The maximum Gasteiger partial charge on any atom is 0.180 e. The third-order valence-electron chi connectivity index (χ3n) is 3.99. The second kappa shape index (κ2) is 11.4. The van der Waals surface area contributed by atoms with E-state index in [1.807, 2.05) is 48.5 Å². The van der Waals surface area contributed by atoms with Crippen molar-refractivity contribution in [3.8, 4) is 5.75 Å². The minimum Gasteiger partial charge on any atom is -0.488 e. The normalized spacial score (nSPS) is 11.8. The van der Waals surface area contributed by atoms with E-state index in [9.17, 15) is 0 Å². The van der Waals surface area contributed by atoms with Crippen LogP contribution >= 0.6 is 50.9 Å². The number of halogens is 3. The quantitative estimate of drug-likeness (QED) is 0.208. The number of benzene rings is 3. The van der Waals surface area contributed by atoms with Crippen LogP contribution in [0.15, 0.2) is 81.4 Å². The minimum absolute atomic E-state index is 0.235. The van der Waals surface area contributed by atoms with Crippen LogP contribution < -0.4 is 10.5 Å². The third kappa shape index (κ3) is 6.77. The number of amidine groups is 1. The molecule has 0 saturated heterocycles. The van der Waals surface area contributed by atoms with Gasteiger partial charge in [0, 0.05) is 31.4 Å². The van der Waals surface area contributed by atoms with E-state index >= 15 is 0 Å². The fraction of sp³-hybridized carbons (Fsp3) is 0.0909. The summed E-state index contributed by atoms with van der Waals surface area (Å²) in [5.74, 6) is 1.36. The van der Waals surface area contributed by atoms with Gasteiger partial charge in [-0.05, 0) is 35.9 Å². The van der Waals surface area contributed by atoms with E-state index in [1.165, 1.54) is 17.3 Å². The Balaban J connectivity index is 1.67. The highest BCUT2D eigenvalue weighted by atomic mass is 79.9. The smallest absolute Gasteiger partial charge is 0.180 e. The minimum atomic E-state index is 0.235. The molecule has 8 heteroatoms. The lowest BCUT2D eigenvalue weighted by Gasteiger charge is -2.11. The SMILES string of the molecule is NC(=NN=Cc1cc(Br)ccc1OCc1c(Cl)cccc1Cl)SCc1ccccc1. The molecule has 0 saturated carbocycles. The number of ether oxygens (including phenoxy) is 1. The average molecular weight is 523 g/mol. The molecule has 3 aromatic rings. The molecule has 0 fully saturated rings. The summed E-state index contributed by atoms with van der Waals surface area (Å²) in [6.45, 7) is 0.235. The van der Waals surface area contributed by atoms with Gasteiger partial charge in [0.1, 0.15) is 12.4 Å². The lowest BCUT2D eigenvalue weighted by molar-refractivity contribution is 0.306. The Bertz CT molecular complexity index is 1040. The van der Waals surface area contributed by atoms with Gasteiger partial charge in [-0.2, -0.15) is 5.10 Å². The summed E-state index contributed by atoms with van der Waals surface area (Å²) in [5.41, 5.74) is 8.60. The summed E-state index contributed by atoms with van der Waals surface area (Å²) in [6.07, 6.45) is 1.60. The van der Waals surface area contributed by atoms with Gasteiger partial charge >= 0.3 is 0 Å². The molecule has 154 valence electrons. The van der Waals surface area contributed by atoms with Crippen molar-refractivity contribution in [2.24, 2.45) is 15.9 Å². The van der Waals surface area contributed by atoms with Crippen LogP contribution in [0.25, 0.3) is 0 Å². The van der Waals surface area contributed by atoms with Crippen molar-refractivity contribution in [2.45, 2.75) is 12.4 Å². The van der Waals surface area contributed by atoms with Crippen LogP contribution in [0.5, 0.6) is 5.75 Å². The van der Waals surface area contributed by atoms with Gasteiger partial charge in [-0.1, -0.05) is 87.3 Å². The molecule has 0 bridgehead atoms. The molecular formula is C22H18BrCl2N3OS. The van der Waals surface area contributed by atoms with E-state index in [4.69, 9.17) is 33.7 Å². The number of nitrogens with two attached hydrogens (primary N) is 1. The maximum absolute atomic E-state index is 6.22. The van der Waals surface area contributed by atoms with Crippen LogP contribution in [0.2, 0.25) is 10.0 Å². The highest BCUT2D eigenvalue weighted by Crippen LogP contribution is 2.28. The fourth-order valence-electron chi connectivity index (χ4n) is 2.48. The molecule has 0 aliphatic rings. The molecule has 0 unspecified atom stereocenters. The maximum atomic E-state index is 6.22. The molecule has 0 atom stereocenters. The summed E-state index contributed by atoms with van der Waals surface area (Å²) < 4.78 is 6.83. The van der Waals surface area contributed by atoms with Gasteiger partial charge in [0.25, 0.3) is 0 Å². The first-order valence-corrected chi connectivity index (χ1v) is 11.4. The monoisotopic (exact) mass is 521 g/mol. The number of thioether (sulfide) groups is 1. The van der Waals surface area contributed by atoms with Crippen LogP contribution in [-0.4, -0.2) is 11.4 Å². The van der Waals surface area contributed by atoms with Crippen molar-refractivity contribution in [3.05, 3.63) is 97.9 Å². The molecule has 0 spiro atoms. The molecule has 2 N–H and O–H groups in total. The van der Waals surface area contributed by atoms with Gasteiger partial charge in [-0.15, -0.1) is 5.10 Å². The van der Waals surface area contributed by atoms with E-state index in [-0.39, 0.29) is 6.61 Å². The van der Waals surface area contributed by atoms with E-state index in [2.05, 4.69) is 26.1 Å². The molecule has 0 radical (unpaired) electrons. The molecule has 3 aromatic carbocycles. The third-order valence-corrected chi connectivity index (χ3v) is 6.04. The summed E-state index contributed by atoms with van der Waals surface area (Å²) in [5, 5.41) is 9.68. The first kappa shape index (κ1) is 22.7. The van der Waals surface area contributed by atoms with Gasteiger partial charge in [-0.3, -0.25) is 0 Å². The molecule has 0 aliphatic heterocycles. The zero-order chi connectivity index (χ0) is 21.3. The number of hydrogen-bond donors (Lipinski definition) is 1. The fourth-order valence-corrected chi connectivity index (χ4v) is 3.98. The van der Waals surface area contributed by atoms with Crippen molar-refractivity contribution in [3.63, 3.8) is 0 Å². The molecule has 0 aliphatic carbocycles. The van der Waals surface area contributed by atoms with E-state index in [1.54, 1.807) is 24.4 Å². The van der Waals surface area contributed by atoms with Gasteiger partial charge in [0.15, 0.2) is 5.17 Å². The largest absolute Gasteiger partial charge is 0.488 e. The number of nitrogens with zero attached hydrogens (tertiary/aromatic N) is 2. The Hall–Kier alpha value is -1.99. The van der Waals surface area contributed by atoms with Crippen LogP contribution in [0, 0.1) is 0 Å². The van der Waals surface area contributed by atoms with Crippen molar-refractivity contribution in [1.82, 2.24) is 0 Å². The predicted molar refractivity (Wildman–Crippen MR) is 132 cm³/mol. The van der Waals surface area contributed by atoms with E-state index in [0.717, 1.165) is 21.4 Å². The van der Waals surface area contributed by atoms with Gasteiger partial charge < -0.3 is 10.5 Å². The highest BCUT2D eigenvalue weighted by molar-refractivity contribution is 9.10. The van der Waals surface area contributed by atoms with E-state index in [0.29, 0.717) is 21.0 Å². The lowest BCUT2D eigenvalue weighted by atomic mass is 10.2. The van der Waals surface area contributed by atoms with Gasteiger partial charge in [0.2, 0.25) is 0 Å². The number of rotatable bonds is 7. The van der Waals surface area contributed by atoms with Crippen molar-refractivity contribution in [2.75, 3.05) is 0 Å². The van der Waals surface area contributed by atoms with Crippen LogP contribution in [0.4, 0.5) is 0 Å². The molecule has 4 nitrogen and oxygen atoms in total. The second-order valence-electron chi connectivity index (χ2n) is 6.13. The van der Waals surface area contributed by atoms with Crippen LogP contribution in [0.3, 0.4) is 0 Å². The first-order valence-electron chi connectivity index (χ1n) is 8.91. The first-order chi connectivity index (χ1) is 14.5. The van der Waals surface area contributed by atoms with E-state index < -0.39 is 0 Å². The Labute approximate surface area is 198 Å². The van der Waals surface area contributed by atoms with Gasteiger partial charge in [0.05, 0.1) is 6.21 Å².